The topological polar surface area (TPSA) is 70.1 Å². The van der Waals surface area contributed by atoms with Gasteiger partial charge >= 0.3 is 0 Å². The molecule has 3 rings (SSSR count). The minimum atomic E-state index is -0.0766. The number of nitrogens with one attached hydrogen (secondary N) is 2. The number of aromatic nitrogens is 2. The van der Waals surface area contributed by atoms with Gasteiger partial charge in [0, 0.05) is 37.8 Å². The maximum Gasteiger partial charge on any atom is 0.270 e. The molecule has 0 saturated carbocycles. The third kappa shape index (κ3) is 4.58. The van der Waals surface area contributed by atoms with Crippen molar-refractivity contribution >= 4 is 11.6 Å². The molecule has 0 unspecified atom stereocenters. The molecular formula is C22H26N4O2. The molecule has 0 radical (unpaired) electrons. The van der Waals surface area contributed by atoms with Crippen LogP contribution in [0, 0.1) is 0 Å². The van der Waals surface area contributed by atoms with E-state index < -0.39 is 0 Å². The van der Waals surface area contributed by atoms with Gasteiger partial charge in [0.2, 0.25) is 5.91 Å². The molecule has 6 heteroatoms. The minimum absolute atomic E-state index is 0.0473. The van der Waals surface area contributed by atoms with Crippen LogP contribution in [0.2, 0.25) is 0 Å². The molecule has 0 atom stereocenters. The van der Waals surface area contributed by atoms with Crippen molar-refractivity contribution in [1.82, 2.24) is 14.7 Å². The van der Waals surface area contributed by atoms with Crippen LogP contribution in [0.1, 0.15) is 23.7 Å². The second-order valence-electron chi connectivity index (χ2n) is 6.98. The van der Waals surface area contributed by atoms with Crippen molar-refractivity contribution < 1.29 is 4.79 Å². The molecule has 1 aliphatic heterocycles. The number of carbonyl (C=O) groups excluding carboxylic acids is 1. The van der Waals surface area contributed by atoms with Gasteiger partial charge in [-0.25, -0.2) is 4.68 Å². The zero-order valence-corrected chi connectivity index (χ0v) is 16.2. The Hall–Kier alpha value is -3.12. The molecular weight excluding hydrogens is 352 g/mol. The lowest BCUT2D eigenvalue weighted by atomic mass is 10.1. The molecule has 0 saturated heterocycles. The monoisotopic (exact) mass is 378 g/mol. The molecule has 1 aromatic carbocycles. The van der Waals surface area contributed by atoms with E-state index in [1.54, 1.807) is 16.8 Å². The summed E-state index contributed by atoms with van der Waals surface area (Å²) < 4.78 is 1.65. The highest BCUT2D eigenvalue weighted by Crippen LogP contribution is 2.18. The second kappa shape index (κ2) is 8.71. The normalized spacial score (nSPS) is 14.4. The first-order chi connectivity index (χ1) is 13.5. The summed E-state index contributed by atoms with van der Waals surface area (Å²) in [5.74, 6) is -0.0766. The van der Waals surface area contributed by atoms with Crippen LogP contribution in [0.5, 0.6) is 0 Å². The fourth-order valence-electron chi connectivity index (χ4n) is 3.45. The lowest BCUT2D eigenvalue weighted by Gasteiger charge is -2.26. The summed E-state index contributed by atoms with van der Waals surface area (Å²) in [6.07, 6.45) is 6.03. The number of hydrogen-bond donors (Lipinski definition) is 2. The van der Waals surface area contributed by atoms with Crippen LogP contribution < -0.4 is 10.9 Å². The number of H-pyrrole nitrogens is 1. The summed E-state index contributed by atoms with van der Waals surface area (Å²) in [4.78, 5) is 26.1. The molecule has 2 aromatic rings. The van der Waals surface area contributed by atoms with Crippen molar-refractivity contribution in [2.45, 2.75) is 33.0 Å². The van der Waals surface area contributed by atoms with Gasteiger partial charge in [0.25, 0.3) is 5.56 Å². The largest absolute Gasteiger partial charge is 0.326 e. The predicted octanol–water partition coefficient (Wildman–Crippen LogP) is 2.99. The van der Waals surface area contributed by atoms with Crippen molar-refractivity contribution in [1.29, 1.82) is 0 Å². The van der Waals surface area contributed by atoms with Crippen LogP contribution in [0.15, 0.2) is 66.0 Å². The van der Waals surface area contributed by atoms with Crippen molar-refractivity contribution in [3.63, 3.8) is 0 Å². The quantitative estimate of drug-likeness (QED) is 0.728. The number of aromatic amines is 1. The number of nitrogens with zero attached hydrogens (tertiary/aromatic N) is 2. The van der Waals surface area contributed by atoms with E-state index in [0.717, 1.165) is 42.0 Å². The van der Waals surface area contributed by atoms with Crippen LogP contribution in [0.25, 0.3) is 0 Å². The van der Waals surface area contributed by atoms with E-state index in [2.05, 4.69) is 28.5 Å². The second-order valence-corrected chi connectivity index (χ2v) is 6.98. The van der Waals surface area contributed by atoms with Gasteiger partial charge in [0.15, 0.2) is 0 Å². The van der Waals surface area contributed by atoms with Crippen LogP contribution in [-0.4, -0.2) is 27.1 Å². The maximum absolute atomic E-state index is 12.7. The van der Waals surface area contributed by atoms with E-state index in [4.69, 9.17) is 0 Å². The van der Waals surface area contributed by atoms with Gasteiger partial charge < -0.3 is 5.32 Å². The molecule has 146 valence electrons. The molecule has 2 N–H and O–H groups in total. The highest BCUT2D eigenvalue weighted by atomic mass is 16.1. The lowest BCUT2D eigenvalue weighted by molar-refractivity contribution is -0.114. The van der Waals surface area contributed by atoms with Gasteiger partial charge in [-0.15, -0.1) is 0 Å². The molecule has 0 bridgehead atoms. The van der Waals surface area contributed by atoms with E-state index in [1.165, 1.54) is 12.5 Å². The van der Waals surface area contributed by atoms with Crippen LogP contribution in [0.4, 0.5) is 5.69 Å². The Morgan fingerprint density at radius 3 is 2.68 bits per heavy atom. The Labute approximate surface area is 164 Å². The van der Waals surface area contributed by atoms with E-state index >= 15 is 0 Å². The summed E-state index contributed by atoms with van der Waals surface area (Å²) in [5.41, 5.74) is 4.80. The van der Waals surface area contributed by atoms with Crippen LogP contribution in [-0.2, 0) is 30.8 Å². The Balaban J connectivity index is 1.69. The smallest absolute Gasteiger partial charge is 0.270 e. The summed E-state index contributed by atoms with van der Waals surface area (Å²) in [5, 5.41) is 6.04. The number of fused-ring (bicyclic) bond motifs is 1. The lowest BCUT2D eigenvalue weighted by Crippen LogP contribution is -2.31. The van der Waals surface area contributed by atoms with Crippen molar-refractivity contribution in [2.24, 2.45) is 0 Å². The van der Waals surface area contributed by atoms with Crippen LogP contribution in [0.3, 0.4) is 0 Å². The van der Waals surface area contributed by atoms with Crippen LogP contribution >= 0.6 is 0 Å². The maximum atomic E-state index is 12.7. The molecule has 1 aliphatic rings. The Kier molecular flexibility index (Phi) is 6.11. The number of amides is 1. The van der Waals surface area contributed by atoms with E-state index in [0.29, 0.717) is 13.1 Å². The molecule has 0 aliphatic carbocycles. The van der Waals surface area contributed by atoms with Crippen molar-refractivity contribution in [3.8, 4) is 0 Å². The number of allylic oxidation sites excluding steroid dienone is 4. The standard InChI is InChI=1S/C22H26N4O2/c1-4-6-17(5-2)14-26-22(28)20-11-12-25(15-21(20)24-26)13-18-7-9-19(10-8-18)23-16(3)27/h4-10,24H,1-2,11-15H2,3H3,(H,23,27)/b17-6+. The van der Waals surface area contributed by atoms with E-state index in [9.17, 15) is 9.59 Å². The fourth-order valence-corrected chi connectivity index (χ4v) is 3.45. The number of rotatable bonds is 7. The fraction of sp³-hybridized carbons (Fsp3) is 0.273. The minimum Gasteiger partial charge on any atom is -0.326 e. The van der Waals surface area contributed by atoms with Gasteiger partial charge in [-0.1, -0.05) is 43.5 Å². The average molecular weight is 378 g/mol. The Morgan fingerprint density at radius 1 is 1.29 bits per heavy atom. The highest BCUT2D eigenvalue weighted by molar-refractivity contribution is 5.88. The SMILES string of the molecule is C=C/C=C(\C=C)Cn1[nH]c2c(c1=O)CCN(Cc1ccc(NC(C)=O)cc1)C2. The first-order valence-electron chi connectivity index (χ1n) is 9.33. The Morgan fingerprint density at radius 2 is 2.04 bits per heavy atom. The van der Waals surface area contributed by atoms with E-state index in [-0.39, 0.29) is 11.5 Å². The van der Waals surface area contributed by atoms with Gasteiger partial charge in [-0.2, -0.15) is 0 Å². The number of carbonyl (C=O) groups is 1. The molecule has 0 fully saturated rings. The number of anilines is 1. The zero-order chi connectivity index (χ0) is 20.1. The number of benzene rings is 1. The van der Waals surface area contributed by atoms with Gasteiger partial charge in [-0.05, 0) is 29.7 Å². The molecule has 28 heavy (non-hydrogen) atoms. The molecule has 6 nitrogen and oxygen atoms in total. The third-order valence-electron chi connectivity index (χ3n) is 4.81. The van der Waals surface area contributed by atoms with E-state index in [1.807, 2.05) is 30.3 Å². The van der Waals surface area contributed by atoms with Gasteiger partial charge in [0.05, 0.1) is 12.2 Å². The first kappa shape index (κ1) is 19.6. The predicted molar refractivity (Wildman–Crippen MR) is 112 cm³/mol. The summed E-state index contributed by atoms with van der Waals surface area (Å²) >= 11 is 0. The van der Waals surface area contributed by atoms with Crippen molar-refractivity contribution in [2.75, 3.05) is 11.9 Å². The molecule has 0 spiro atoms. The van der Waals surface area contributed by atoms with Gasteiger partial charge in [-0.3, -0.25) is 19.6 Å². The first-order valence-corrected chi connectivity index (χ1v) is 9.33. The summed E-state index contributed by atoms with van der Waals surface area (Å²) in [6, 6.07) is 7.86. The molecule has 2 heterocycles. The highest BCUT2D eigenvalue weighted by Gasteiger charge is 2.22. The zero-order valence-electron chi connectivity index (χ0n) is 16.2. The molecule has 1 aromatic heterocycles. The summed E-state index contributed by atoms with van der Waals surface area (Å²) in [7, 11) is 0. The average Bonchev–Trinajstić information content (AvgIpc) is 2.97. The summed E-state index contributed by atoms with van der Waals surface area (Å²) in [6.45, 7) is 11.8. The number of hydrogen-bond acceptors (Lipinski definition) is 3. The molecule has 1 amide bonds. The van der Waals surface area contributed by atoms with Gasteiger partial charge in [0.1, 0.15) is 0 Å². The Bertz CT molecular complexity index is 963. The van der Waals surface area contributed by atoms with Crippen molar-refractivity contribution in [3.05, 3.63) is 88.4 Å². The third-order valence-corrected chi connectivity index (χ3v) is 4.81.